The summed E-state index contributed by atoms with van der Waals surface area (Å²) in [5.41, 5.74) is 0. The number of carbonyl (C=O) groups excluding carboxylic acids is 1. The Morgan fingerprint density at radius 2 is 2.31 bits per heavy atom. The van der Waals surface area contributed by atoms with Crippen molar-refractivity contribution >= 4 is 22.3 Å². The van der Waals surface area contributed by atoms with Crippen LogP contribution in [0.15, 0.2) is 17.3 Å². The lowest BCUT2D eigenvalue weighted by molar-refractivity contribution is -0.124. The average Bonchev–Trinajstić information content (AvgIpc) is 2.03. The number of hydrogen-bond donors (Lipinski definition) is 1. The highest BCUT2D eigenvalue weighted by molar-refractivity contribution is 7.89. The maximum atomic E-state index is 11.2. The minimum absolute atomic E-state index is 0.331. The van der Waals surface area contributed by atoms with Gasteiger partial charge in [0, 0.05) is 12.7 Å². The second kappa shape index (κ2) is 3.67. The van der Waals surface area contributed by atoms with Crippen molar-refractivity contribution in [2.24, 2.45) is 10.1 Å². The summed E-state index contributed by atoms with van der Waals surface area (Å²) in [7, 11) is -3.75. The number of hydrogen-bond acceptors (Lipinski definition) is 4. The first-order valence-electron chi connectivity index (χ1n) is 3.47. The van der Waals surface area contributed by atoms with Crippen LogP contribution in [0.3, 0.4) is 0 Å². The molecule has 0 bridgehead atoms. The van der Waals surface area contributed by atoms with Crippen LogP contribution in [0.1, 0.15) is 0 Å². The molecule has 1 aliphatic rings. The van der Waals surface area contributed by atoms with Crippen molar-refractivity contribution in [3.63, 3.8) is 0 Å². The molecule has 0 radical (unpaired) electrons. The third kappa shape index (κ3) is 3.34. The van der Waals surface area contributed by atoms with Gasteiger partial charge in [-0.25, -0.2) is 18.5 Å². The summed E-state index contributed by atoms with van der Waals surface area (Å²) in [6.07, 6.45) is 4.44. The molecule has 0 aromatic rings. The Kier molecular flexibility index (Phi) is 2.79. The van der Waals surface area contributed by atoms with E-state index in [9.17, 15) is 13.2 Å². The zero-order valence-corrected chi connectivity index (χ0v) is 7.57. The van der Waals surface area contributed by atoms with E-state index < -0.39 is 21.7 Å². The van der Waals surface area contributed by atoms with E-state index in [-0.39, 0.29) is 0 Å². The molecular formula is C6H9N3O3S. The van der Waals surface area contributed by atoms with Crippen molar-refractivity contribution in [2.75, 3.05) is 12.3 Å². The first-order chi connectivity index (χ1) is 5.99. The number of nitrogens with two attached hydrogens (primary N) is 1. The molecule has 1 aliphatic heterocycles. The van der Waals surface area contributed by atoms with E-state index in [1.807, 2.05) is 0 Å². The van der Waals surface area contributed by atoms with Crippen LogP contribution in [-0.2, 0) is 14.8 Å². The van der Waals surface area contributed by atoms with Crippen LogP contribution in [0.4, 0.5) is 0 Å². The molecule has 0 atom stereocenters. The summed E-state index contributed by atoms with van der Waals surface area (Å²) >= 11 is 0. The SMILES string of the molecule is NS(=O)(=O)CC(=O)N1C=NC=CC1. The molecule has 7 heteroatoms. The molecule has 1 amide bonds. The third-order valence-electron chi connectivity index (χ3n) is 1.34. The molecular weight excluding hydrogens is 194 g/mol. The zero-order chi connectivity index (χ0) is 9.90. The van der Waals surface area contributed by atoms with Gasteiger partial charge in [-0.05, 0) is 6.08 Å². The maximum Gasteiger partial charge on any atom is 0.244 e. The minimum Gasteiger partial charge on any atom is -0.298 e. The van der Waals surface area contributed by atoms with E-state index in [0.29, 0.717) is 6.54 Å². The van der Waals surface area contributed by atoms with Crippen molar-refractivity contribution in [2.45, 2.75) is 0 Å². The number of amides is 1. The highest BCUT2D eigenvalue weighted by atomic mass is 32.2. The second-order valence-electron chi connectivity index (χ2n) is 2.50. The predicted octanol–water partition coefficient (Wildman–Crippen LogP) is -1.34. The summed E-state index contributed by atoms with van der Waals surface area (Å²) in [6, 6.07) is 0. The molecule has 0 unspecified atom stereocenters. The standard InChI is InChI=1S/C6H9N3O3S/c7-13(11,12)4-6(10)9-3-1-2-8-5-9/h1-2,5H,3-4H2,(H2,7,11,12). The fraction of sp³-hybridized carbons (Fsp3) is 0.333. The molecule has 0 aromatic heterocycles. The van der Waals surface area contributed by atoms with Gasteiger partial charge in [-0.15, -0.1) is 0 Å². The maximum absolute atomic E-state index is 11.2. The lowest BCUT2D eigenvalue weighted by atomic mass is 10.4. The lowest BCUT2D eigenvalue weighted by Crippen LogP contribution is -2.37. The van der Waals surface area contributed by atoms with Crippen molar-refractivity contribution < 1.29 is 13.2 Å². The molecule has 1 rings (SSSR count). The summed E-state index contributed by atoms with van der Waals surface area (Å²) in [4.78, 5) is 16.0. The quantitative estimate of drug-likeness (QED) is 0.602. The minimum atomic E-state index is -3.75. The van der Waals surface area contributed by atoms with Crippen molar-refractivity contribution in [3.05, 3.63) is 12.3 Å². The number of primary sulfonamides is 1. The van der Waals surface area contributed by atoms with Crippen LogP contribution in [-0.4, -0.2) is 37.9 Å². The average molecular weight is 203 g/mol. The normalized spacial score (nSPS) is 16.2. The van der Waals surface area contributed by atoms with Crippen molar-refractivity contribution in [1.82, 2.24) is 4.90 Å². The van der Waals surface area contributed by atoms with Crippen molar-refractivity contribution in [3.8, 4) is 0 Å². The van der Waals surface area contributed by atoms with Gasteiger partial charge in [0.05, 0.1) is 6.34 Å². The van der Waals surface area contributed by atoms with Gasteiger partial charge in [0.25, 0.3) is 0 Å². The lowest BCUT2D eigenvalue weighted by Gasteiger charge is -2.16. The summed E-state index contributed by atoms with van der Waals surface area (Å²) in [5, 5.41) is 4.71. The zero-order valence-electron chi connectivity index (χ0n) is 6.75. The molecule has 0 aromatic carbocycles. The van der Waals surface area contributed by atoms with Crippen LogP contribution in [0.25, 0.3) is 0 Å². The molecule has 0 spiro atoms. The first kappa shape index (κ1) is 9.87. The molecule has 6 nitrogen and oxygen atoms in total. The van der Waals surface area contributed by atoms with E-state index in [1.165, 1.54) is 17.4 Å². The molecule has 0 aliphatic carbocycles. The third-order valence-corrected chi connectivity index (χ3v) is 1.99. The fourth-order valence-corrected chi connectivity index (χ4v) is 1.32. The fourth-order valence-electron chi connectivity index (χ4n) is 0.809. The number of rotatable bonds is 2. The second-order valence-corrected chi connectivity index (χ2v) is 4.12. The number of nitrogens with zero attached hydrogens (tertiary/aromatic N) is 2. The Labute approximate surface area is 75.8 Å². The molecule has 0 saturated carbocycles. The van der Waals surface area contributed by atoms with Crippen LogP contribution in [0.5, 0.6) is 0 Å². The molecule has 0 saturated heterocycles. The van der Waals surface area contributed by atoms with E-state index in [1.54, 1.807) is 6.08 Å². The van der Waals surface area contributed by atoms with Crippen LogP contribution >= 0.6 is 0 Å². The van der Waals surface area contributed by atoms with Crippen LogP contribution in [0, 0.1) is 0 Å². The van der Waals surface area contributed by atoms with Gasteiger partial charge in [-0.3, -0.25) is 9.69 Å². The number of aliphatic imine (C=N–C) groups is 1. The van der Waals surface area contributed by atoms with Gasteiger partial charge >= 0.3 is 0 Å². The molecule has 2 N–H and O–H groups in total. The van der Waals surface area contributed by atoms with E-state index in [4.69, 9.17) is 5.14 Å². The smallest absolute Gasteiger partial charge is 0.244 e. The van der Waals surface area contributed by atoms with Gasteiger partial charge in [0.1, 0.15) is 5.75 Å². The van der Waals surface area contributed by atoms with E-state index in [2.05, 4.69) is 4.99 Å². The Bertz CT molecular complexity index is 357. The molecule has 13 heavy (non-hydrogen) atoms. The van der Waals surface area contributed by atoms with Gasteiger partial charge in [0.15, 0.2) is 0 Å². The van der Waals surface area contributed by atoms with Gasteiger partial charge < -0.3 is 0 Å². The highest BCUT2D eigenvalue weighted by Gasteiger charge is 2.17. The first-order valence-corrected chi connectivity index (χ1v) is 5.19. The van der Waals surface area contributed by atoms with E-state index in [0.717, 1.165) is 0 Å². The Morgan fingerprint density at radius 3 is 2.77 bits per heavy atom. The monoisotopic (exact) mass is 203 g/mol. The van der Waals surface area contributed by atoms with Crippen LogP contribution in [0.2, 0.25) is 0 Å². The van der Waals surface area contributed by atoms with E-state index >= 15 is 0 Å². The Hall–Kier alpha value is -1.21. The topological polar surface area (TPSA) is 92.8 Å². The predicted molar refractivity (Wildman–Crippen MR) is 47.3 cm³/mol. The number of sulfonamides is 1. The number of carbonyl (C=O) groups is 1. The Morgan fingerprint density at radius 1 is 1.62 bits per heavy atom. The van der Waals surface area contributed by atoms with Gasteiger partial charge in [-0.2, -0.15) is 0 Å². The van der Waals surface area contributed by atoms with Crippen molar-refractivity contribution in [1.29, 1.82) is 0 Å². The molecule has 1 heterocycles. The largest absolute Gasteiger partial charge is 0.298 e. The summed E-state index contributed by atoms with van der Waals surface area (Å²) in [6.45, 7) is 0.331. The Balaban J connectivity index is 2.59. The van der Waals surface area contributed by atoms with Crippen LogP contribution < -0.4 is 5.14 Å². The molecule has 72 valence electrons. The van der Waals surface area contributed by atoms with Gasteiger partial charge in [-0.1, -0.05) is 0 Å². The van der Waals surface area contributed by atoms with Gasteiger partial charge in [0.2, 0.25) is 15.9 Å². The summed E-state index contributed by atoms with van der Waals surface area (Å²) in [5.74, 6) is -1.26. The molecule has 0 fully saturated rings. The highest BCUT2D eigenvalue weighted by Crippen LogP contribution is 1.95. The summed E-state index contributed by atoms with van der Waals surface area (Å²) < 4.78 is 21.1.